The summed E-state index contributed by atoms with van der Waals surface area (Å²) < 4.78 is 23.3. The third kappa shape index (κ3) is 23.1. The number of sulfone groups is 1. The molecular weight excluding hydrogens is 1840 g/mol. The minimum Gasteiger partial charge on any atom is -0.355 e. The number of nitrogens with one attached hydrogen (secondary N) is 10. The summed E-state index contributed by atoms with van der Waals surface area (Å²) in [6, 6.07) is 80.3. The monoisotopic (exact) mass is 1920 g/mol. The third-order valence-electron chi connectivity index (χ3n) is 21.4. The van der Waals surface area contributed by atoms with Gasteiger partial charge < -0.3 is 37.2 Å². The van der Waals surface area contributed by atoms with Crippen molar-refractivity contribution in [3.8, 4) is 67.0 Å². The Morgan fingerprint density at radius 3 is 1.17 bits per heavy atom. The summed E-state index contributed by atoms with van der Waals surface area (Å²) in [5, 5.41) is 59.1. The summed E-state index contributed by atoms with van der Waals surface area (Å²) in [7, 11) is -1.51. The number of amides is 2. The van der Waals surface area contributed by atoms with Crippen molar-refractivity contribution in [1.29, 1.82) is 0 Å². The van der Waals surface area contributed by atoms with Gasteiger partial charge in [0, 0.05) is 175 Å². The Balaban J connectivity index is 0.000000114. The number of nitrogens with zero attached hydrogens (tertiary/aromatic N) is 15. The molecule has 13 heterocycles. The molecule has 0 spiro atoms. The van der Waals surface area contributed by atoms with E-state index in [1.807, 2.05) is 207 Å². The number of tetrazole rings is 1. The zero-order valence-electron chi connectivity index (χ0n) is 72.4. The van der Waals surface area contributed by atoms with Crippen LogP contribution in [0.5, 0.6) is 0 Å². The van der Waals surface area contributed by atoms with Crippen LogP contribution in [-0.2, 0) is 15.6 Å². The maximum Gasteiger partial charge on any atom is 0.318 e. The smallest absolute Gasteiger partial charge is 0.318 e. The molecule has 0 atom stereocenters. The maximum absolute atomic E-state index is 11.6. The lowest BCUT2D eigenvalue weighted by molar-refractivity contribution is 0.254. The molecule has 22 aromatic rings. The summed E-state index contributed by atoms with van der Waals surface area (Å²) in [5.74, 6) is 0.579. The van der Waals surface area contributed by atoms with E-state index in [-0.39, 0.29) is 11.8 Å². The zero-order chi connectivity index (χ0) is 94.1. The standard InChI is InChI=1S/C22H18ClN5O.C22H18ClN3O2S.C21H14ClN7.C21H14ClN5.C17H12ClN5/c1-24-22(29)28-17-5-2-14(3-6-17)15-4-7-20-19(10-15)21(8-9-26-20)27-18-11-16(23)12-25-13-18;1-29(27,28)14-15-3-2-4-16(9-15)17-5-6-21-20(10-17)22(7-8-25-21)26-19-11-18(23)12-24-13-19;22-16-10-17(12-23-11-16)25-20-6-7-24-19-5-4-14(9-18(19)20)13-2-1-3-15(8-13)21-26-28-29-27-21;22-16-2-1-3-17(10-16)26-20-6-7-23-19-5-4-13(9-18(19)20)14-8-15-12-25-27-21(15)24-11-14;18-13-6-14(10-19-9-13)23-17-3-4-20-16-2-1-11(5-15(16)17)12-7-21-22-8-12/h2-13H,1H3,(H,26,27)(H2,24,28,29);2-13H,14H2,1H3,(H,25,26);1-12H,(H,24,25)(H,26,27,28,29);1-12H,(H,23,26)(H,24,25,27);1-10H,(H,20,23)(H,21,22). The molecule has 0 radical (unpaired) electrons. The molecule has 22 rings (SSSR count). The first kappa shape index (κ1) is 90.7. The third-order valence-corrected chi connectivity index (χ3v) is 23.3. The molecule has 0 saturated heterocycles. The van der Waals surface area contributed by atoms with Crippen LogP contribution >= 0.6 is 58.0 Å². The van der Waals surface area contributed by atoms with Crippen molar-refractivity contribution in [2.75, 3.05) is 45.2 Å². The Labute approximate surface area is 808 Å². The first-order valence-electron chi connectivity index (χ1n) is 42.3. The number of hydrogen-bond acceptors (Lipinski definition) is 23. The van der Waals surface area contributed by atoms with Gasteiger partial charge in [0.05, 0.1) is 113 Å². The quantitative estimate of drug-likeness (QED) is 0.0359. The number of carbonyl (C=O) groups is 1. The van der Waals surface area contributed by atoms with Crippen LogP contribution < -0.4 is 37.2 Å². The molecule has 0 saturated carbocycles. The summed E-state index contributed by atoms with van der Waals surface area (Å²) in [4.78, 5) is 54.6. The van der Waals surface area contributed by atoms with Crippen molar-refractivity contribution in [3.63, 3.8) is 0 Å². The van der Waals surface area contributed by atoms with Gasteiger partial charge in [-0.25, -0.2) is 18.2 Å². The highest BCUT2D eigenvalue weighted by Crippen LogP contribution is 2.39. The zero-order valence-corrected chi connectivity index (χ0v) is 77.0. The number of halogens is 5. The van der Waals surface area contributed by atoms with E-state index in [0.29, 0.717) is 30.9 Å². The molecule has 10 N–H and O–H groups in total. The summed E-state index contributed by atoms with van der Waals surface area (Å²) >= 11 is 30.2. The Kier molecular flexibility index (Phi) is 27.8. The molecule has 0 aliphatic rings. The van der Waals surface area contributed by atoms with Gasteiger partial charge in [0.15, 0.2) is 15.5 Å². The van der Waals surface area contributed by atoms with Crippen molar-refractivity contribution < 1.29 is 13.2 Å². The average Bonchev–Trinajstić information content (AvgIpc) is 1.76. The predicted octanol–water partition coefficient (Wildman–Crippen LogP) is 25.5. The van der Waals surface area contributed by atoms with Crippen LogP contribution in [0, 0.1) is 0 Å². The van der Waals surface area contributed by atoms with E-state index in [0.717, 1.165) is 195 Å². The van der Waals surface area contributed by atoms with Gasteiger partial charge in [-0.05, 0) is 213 Å². The van der Waals surface area contributed by atoms with Crippen molar-refractivity contribution in [2.45, 2.75) is 5.75 Å². The number of urea groups is 1. The molecule has 137 heavy (non-hydrogen) atoms. The van der Waals surface area contributed by atoms with Crippen molar-refractivity contribution in [3.05, 3.63) is 385 Å². The van der Waals surface area contributed by atoms with Gasteiger partial charge in [0.25, 0.3) is 0 Å². The summed E-state index contributed by atoms with van der Waals surface area (Å²) in [6.45, 7) is 0. The highest BCUT2D eigenvalue weighted by molar-refractivity contribution is 7.89. The topological polar surface area (TPSA) is 376 Å². The van der Waals surface area contributed by atoms with Gasteiger partial charge >= 0.3 is 6.03 Å². The van der Waals surface area contributed by atoms with Crippen LogP contribution in [0.1, 0.15) is 5.56 Å². The SMILES string of the molecule is CNC(=O)Nc1ccc(-c2ccc3nccc(Nc4cncc(Cl)c4)c3c2)cc1.CS(=O)(=O)Cc1cccc(-c2ccc3nccc(Nc4cncc(Cl)c4)c3c2)c1.Clc1cccc(Nc2ccnc3ccc(-c4cnc5[nH]ncc5c4)cc23)c1.Clc1cncc(Nc2ccnc3ccc(-c4cccc(-c5nn[nH]n5)c4)cc23)c1.Clc1cncc(Nc2ccnc3ccc(-c4cn[nH]c4)cc23)c1. The highest BCUT2D eigenvalue weighted by Gasteiger charge is 2.17. The summed E-state index contributed by atoms with van der Waals surface area (Å²) in [6.07, 6.45) is 30.7. The van der Waals surface area contributed by atoms with Gasteiger partial charge in [-0.3, -0.25) is 55.1 Å². The highest BCUT2D eigenvalue weighted by atomic mass is 35.5. The van der Waals surface area contributed by atoms with Crippen LogP contribution in [0.25, 0.3) is 133 Å². The van der Waals surface area contributed by atoms with E-state index in [1.165, 1.54) is 6.26 Å². The first-order valence-corrected chi connectivity index (χ1v) is 46.2. The molecule has 0 aliphatic carbocycles. The van der Waals surface area contributed by atoms with Gasteiger partial charge in [-0.1, -0.05) is 149 Å². The van der Waals surface area contributed by atoms with Crippen LogP contribution in [0.3, 0.4) is 0 Å². The number of fused-ring (bicyclic) bond motifs is 6. The number of rotatable bonds is 19. The van der Waals surface area contributed by atoms with Gasteiger partial charge in [-0.15, -0.1) is 10.2 Å². The van der Waals surface area contributed by atoms with Crippen LogP contribution in [0.4, 0.5) is 67.4 Å². The minimum atomic E-state index is -3.09. The first-order chi connectivity index (χ1) is 66.8. The van der Waals surface area contributed by atoms with Gasteiger partial charge in [-0.2, -0.15) is 15.4 Å². The number of H-pyrrole nitrogens is 3. The molecule has 2 amide bonds. The Morgan fingerprint density at radius 2 is 0.745 bits per heavy atom. The van der Waals surface area contributed by atoms with Crippen molar-refractivity contribution >= 4 is 202 Å². The lowest BCUT2D eigenvalue weighted by Crippen LogP contribution is -2.24. The second-order valence-electron chi connectivity index (χ2n) is 31.0. The molecule has 9 aromatic carbocycles. The fourth-order valence-electron chi connectivity index (χ4n) is 15.0. The second-order valence-corrected chi connectivity index (χ2v) is 35.4. The maximum atomic E-state index is 11.6. The molecule has 0 unspecified atom stereocenters. The number of aromatic amines is 3. The van der Waals surface area contributed by atoms with E-state index >= 15 is 0 Å². The van der Waals surface area contributed by atoms with Crippen LogP contribution in [-0.4, -0.2) is 119 Å². The Hall–Kier alpha value is -16.8. The average molecular weight is 1920 g/mol. The van der Waals surface area contributed by atoms with E-state index in [4.69, 9.17) is 58.0 Å². The fourth-order valence-corrected chi connectivity index (χ4v) is 16.7. The number of anilines is 11. The molecule has 672 valence electrons. The van der Waals surface area contributed by atoms with Crippen LogP contribution in [0.2, 0.25) is 25.1 Å². The molecule has 0 bridgehead atoms. The van der Waals surface area contributed by atoms with Gasteiger partial charge in [0.1, 0.15) is 0 Å². The molecule has 0 aliphatic heterocycles. The number of hydrogen-bond donors (Lipinski definition) is 10. The van der Waals surface area contributed by atoms with E-state index in [1.54, 1.807) is 106 Å². The normalized spacial score (nSPS) is 11.0. The van der Waals surface area contributed by atoms with E-state index in [2.05, 4.69) is 177 Å². The van der Waals surface area contributed by atoms with Crippen molar-refractivity contribution in [1.82, 2.24) is 96.2 Å². The number of benzene rings is 9. The number of carbonyl (C=O) groups excluding carboxylic acids is 1. The molecular formula is C103H76Cl5N25O3S. The number of pyridine rings is 10. The van der Waals surface area contributed by atoms with E-state index < -0.39 is 9.84 Å². The molecule has 13 aromatic heterocycles. The predicted molar refractivity (Wildman–Crippen MR) is 550 cm³/mol. The van der Waals surface area contributed by atoms with Crippen molar-refractivity contribution in [2.24, 2.45) is 0 Å². The van der Waals surface area contributed by atoms with E-state index in [9.17, 15) is 13.2 Å². The van der Waals surface area contributed by atoms with Gasteiger partial charge in [0.2, 0.25) is 5.82 Å². The molecule has 0 fully saturated rings. The second kappa shape index (κ2) is 42.0. The lowest BCUT2D eigenvalue weighted by atomic mass is 10.0. The van der Waals surface area contributed by atoms with Crippen LogP contribution in [0.15, 0.2) is 354 Å². The Bertz CT molecular complexity index is 8260. The Morgan fingerprint density at radius 1 is 0.343 bits per heavy atom. The summed E-state index contributed by atoms with van der Waals surface area (Å²) in [5.41, 5.74) is 26.8. The largest absolute Gasteiger partial charge is 0.355 e. The molecule has 28 nitrogen and oxygen atoms in total. The minimum absolute atomic E-state index is 0.0184. The lowest BCUT2D eigenvalue weighted by Gasteiger charge is -2.11. The molecule has 34 heteroatoms. The fraction of sp³-hybridized carbons (Fsp3) is 0.0291. The number of aromatic nitrogens is 18.